The van der Waals surface area contributed by atoms with Crippen molar-refractivity contribution in [3.63, 3.8) is 0 Å². The summed E-state index contributed by atoms with van der Waals surface area (Å²) < 4.78 is 5.46. The van der Waals surface area contributed by atoms with E-state index in [9.17, 15) is 5.11 Å². The third kappa shape index (κ3) is 5.58. The number of likely N-dealkylation sites (N-methyl/N-ethyl adjacent to an activating group) is 1. The average molecular weight is 201 g/mol. The van der Waals surface area contributed by atoms with Crippen LogP contribution in [0.15, 0.2) is 0 Å². The molecule has 0 heterocycles. The van der Waals surface area contributed by atoms with Crippen molar-refractivity contribution < 1.29 is 9.84 Å². The Bertz CT molecular complexity index is 155. The Morgan fingerprint density at radius 2 is 2.21 bits per heavy atom. The average Bonchev–Trinajstić information content (AvgIpc) is 2.93. The summed E-state index contributed by atoms with van der Waals surface area (Å²) in [4.78, 5) is 0. The van der Waals surface area contributed by atoms with E-state index in [1.807, 2.05) is 13.8 Å². The molecule has 0 aromatic carbocycles. The van der Waals surface area contributed by atoms with Gasteiger partial charge in [0, 0.05) is 13.2 Å². The van der Waals surface area contributed by atoms with Crippen LogP contribution in [0.25, 0.3) is 0 Å². The minimum absolute atomic E-state index is 0.437. The van der Waals surface area contributed by atoms with Gasteiger partial charge in [0.15, 0.2) is 0 Å². The lowest BCUT2D eigenvalue weighted by Crippen LogP contribution is -2.41. The number of ether oxygens (including phenoxy) is 1. The molecular weight excluding hydrogens is 178 g/mol. The lowest BCUT2D eigenvalue weighted by molar-refractivity contribution is -0.0332. The van der Waals surface area contributed by atoms with Crippen molar-refractivity contribution in [2.75, 3.05) is 26.3 Å². The van der Waals surface area contributed by atoms with Crippen LogP contribution in [0.1, 0.15) is 33.1 Å². The topological polar surface area (TPSA) is 41.5 Å². The molecule has 0 aromatic rings. The molecule has 0 radical (unpaired) electrons. The zero-order valence-electron chi connectivity index (χ0n) is 9.38. The third-order valence-electron chi connectivity index (χ3n) is 2.54. The zero-order chi connectivity index (χ0) is 10.4. The van der Waals surface area contributed by atoms with Gasteiger partial charge in [0.2, 0.25) is 0 Å². The van der Waals surface area contributed by atoms with Crippen LogP contribution in [-0.2, 0) is 4.74 Å². The lowest BCUT2D eigenvalue weighted by Gasteiger charge is -2.23. The van der Waals surface area contributed by atoms with Gasteiger partial charge in [-0.1, -0.05) is 19.8 Å². The molecule has 0 spiro atoms. The Kier molecular flexibility index (Phi) is 4.85. The molecule has 1 aliphatic carbocycles. The van der Waals surface area contributed by atoms with Gasteiger partial charge in [-0.25, -0.2) is 0 Å². The first-order valence-corrected chi connectivity index (χ1v) is 5.65. The van der Waals surface area contributed by atoms with Crippen LogP contribution >= 0.6 is 0 Å². The molecule has 3 heteroatoms. The number of rotatable bonds is 8. The van der Waals surface area contributed by atoms with Crippen molar-refractivity contribution >= 4 is 0 Å². The van der Waals surface area contributed by atoms with E-state index >= 15 is 0 Å². The van der Waals surface area contributed by atoms with E-state index in [2.05, 4.69) is 5.32 Å². The minimum Gasteiger partial charge on any atom is -0.386 e. The van der Waals surface area contributed by atoms with Crippen LogP contribution in [0.5, 0.6) is 0 Å². The van der Waals surface area contributed by atoms with Gasteiger partial charge in [-0.05, 0) is 25.8 Å². The third-order valence-corrected chi connectivity index (χ3v) is 2.54. The first-order chi connectivity index (χ1) is 6.64. The smallest absolute Gasteiger partial charge is 0.0975 e. The van der Waals surface area contributed by atoms with E-state index < -0.39 is 5.60 Å². The number of hydrogen-bond donors (Lipinski definition) is 2. The van der Waals surface area contributed by atoms with Crippen LogP contribution in [0.4, 0.5) is 0 Å². The van der Waals surface area contributed by atoms with Crippen molar-refractivity contribution in [2.24, 2.45) is 5.92 Å². The van der Waals surface area contributed by atoms with E-state index in [1.165, 1.54) is 12.8 Å². The summed E-state index contributed by atoms with van der Waals surface area (Å²) in [5.41, 5.74) is -0.723. The Balaban J connectivity index is 1.96. The van der Waals surface area contributed by atoms with Crippen molar-refractivity contribution in [3.8, 4) is 0 Å². The number of aliphatic hydroxyl groups is 1. The second kappa shape index (κ2) is 5.69. The fraction of sp³-hybridized carbons (Fsp3) is 1.00. The summed E-state index contributed by atoms with van der Waals surface area (Å²) in [5.74, 6) is 0.911. The van der Waals surface area contributed by atoms with E-state index in [4.69, 9.17) is 4.74 Å². The highest BCUT2D eigenvalue weighted by atomic mass is 16.5. The van der Waals surface area contributed by atoms with Crippen LogP contribution < -0.4 is 5.32 Å². The monoisotopic (exact) mass is 201 g/mol. The Morgan fingerprint density at radius 1 is 1.50 bits per heavy atom. The summed E-state index contributed by atoms with van der Waals surface area (Å²) in [5, 5.41) is 13.0. The maximum absolute atomic E-state index is 9.84. The van der Waals surface area contributed by atoms with E-state index in [1.54, 1.807) is 0 Å². The van der Waals surface area contributed by atoms with Crippen molar-refractivity contribution in [1.82, 2.24) is 5.32 Å². The highest BCUT2D eigenvalue weighted by Crippen LogP contribution is 2.32. The van der Waals surface area contributed by atoms with Crippen molar-refractivity contribution in [2.45, 2.75) is 38.7 Å². The zero-order valence-corrected chi connectivity index (χ0v) is 9.38. The van der Waals surface area contributed by atoms with Gasteiger partial charge in [0.1, 0.15) is 0 Å². The molecule has 0 amide bonds. The summed E-state index contributed by atoms with van der Waals surface area (Å²) in [6.45, 7) is 6.57. The minimum atomic E-state index is -0.723. The molecule has 1 atom stereocenters. The van der Waals surface area contributed by atoms with Gasteiger partial charge in [-0.15, -0.1) is 0 Å². The van der Waals surface area contributed by atoms with Crippen molar-refractivity contribution in [3.05, 3.63) is 0 Å². The van der Waals surface area contributed by atoms with Gasteiger partial charge in [0.25, 0.3) is 0 Å². The highest BCUT2D eigenvalue weighted by Gasteiger charge is 2.22. The summed E-state index contributed by atoms with van der Waals surface area (Å²) in [7, 11) is 0. The molecule has 0 bridgehead atoms. The van der Waals surface area contributed by atoms with Gasteiger partial charge < -0.3 is 15.2 Å². The van der Waals surface area contributed by atoms with Crippen LogP contribution in [0, 0.1) is 5.92 Å². The predicted octanol–water partition coefficient (Wildman–Crippen LogP) is 1.16. The van der Waals surface area contributed by atoms with E-state index in [-0.39, 0.29) is 0 Å². The second-order valence-electron chi connectivity index (χ2n) is 4.56. The SMILES string of the molecule is CCNCC(C)(O)COCCC1CC1. The van der Waals surface area contributed by atoms with Gasteiger partial charge in [-0.3, -0.25) is 0 Å². The Labute approximate surface area is 86.8 Å². The number of nitrogens with one attached hydrogen (secondary N) is 1. The molecule has 1 fully saturated rings. The van der Waals surface area contributed by atoms with E-state index in [0.29, 0.717) is 13.2 Å². The maximum atomic E-state index is 9.84. The molecule has 0 saturated heterocycles. The summed E-state index contributed by atoms with van der Waals surface area (Å²) in [6, 6.07) is 0. The maximum Gasteiger partial charge on any atom is 0.0975 e. The molecule has 1 rings (SSSR count). The molecule has 3 nitrogen and oxygen atoms in total. The first-order valence-electron chi connectivity index (χ1n) is 5.65. The molecule has 14 heavy (non-hydrogen) atoms. The Hall–Kier alpha value is -0.120. The van der Waals surface area contributed by atoms with Crippen LogP contribution in [-0.4, -0.2) is 37.0 Å². The van der Waals surface area contributed by atoms with Gasteiger partial charge in [0.05, 0.1) is 12.2 Å². The lowest BCUT2D eigenvalue weighted by atomic mass is 10.1. The molecule has 1 unspecified atom stereocenters. The van der Waals surface area contributed by atoms with E-state index in [0.717, 1.165) is 25.5 Å². The Morgan fingerprint density at radius 3 is 2.79 bits per heavy atom. The molecular formula is C11H23NO2. The standard InChI is InChI=1S/C11H23NO2/c1-3-12-8-11(2,13)9-14-7-6-10-4-5-10/h10,12-13H,3-9H2,1-2H3. The van der Waals surface area contributed by atoms with Gasteiger partial charge in [-0.2, -0.15) is 0 Å². The molecule has 1 aliphatic rings. The molecule has 0 aliphatic heterocycles. The quantitative estimate of drug-likeness (QED) is 0.579. The summed E-state index contributed by atoms with van der Waals surface area (Å²) in [6.07, 6.45) is 3.91. The molecule has 2 N–H and O–H groups in total. The second-order valence-corrected chi connectivity index (χ2v) is 4.56. The van der Waals surface area contributed by atoms with Crippen LogP contribution in [0.3, 0.4) is 0 Å². The van der Waals surface area contributed by atoms with Crippen molar-refractivity contribution in [1.29, 1.82) is 0 Å². The molecule has 84 valence electrons. The molecule has 0 aromatic heterocycles. The normalized spacial score (nSPS) is 20.8. The largest absolute Gasteiger partial charge is 0.386 e. The predicted molar refractivity (Wildman–Crippen MR) is 57.3 cm³/mol. The highest BCUT2D eigenvalue weighted by molar-refractivity contribution is 4.75. The summed E-state index contributed by atoms with van der Waals surface area (Å²) >= 11 is 0. The van der Waals surface area contributed by atoms with Gasteiger partial charge >= 0.3 is 0 Å². The first kappa shape index (κ1) is 12.0. The fourth-order valence-corrected chi connectivity index (χ4v) is 1.39. The fourth-order valence-electron chi connectivity index (χ4n) is 1.39. The van der Waals surface area contributed by atoms with Crippen LogP contribution in [0.2, 0.25) is 0 Å². The number of hydrogen-bond acceptors (Lipinski definition) is 3. The molecule has 1 saturated carbocycles.